The number of halogens is 1. The van der Waals surface area contributed by atoms with Crippen LogP contribution in [0, 0.1) is 12.7 Å². The highest BCUT2D eigenvalue weighted by Gasteiger charge is 2.27. The molecule has 1 aliphatic heterocycles. The van der Waals surface area contributed by atoms with E-state index in [2.05, 4.69) is 5.32 Å². The predicted octanol–water partition coefficient (Wildman–Crippen LogP) is 1.90. The topological polar surface area (TPSA) is 46.2 Å². The smallest absolute Gasteiger partial charge is 0.251 e. The number of aryl methyl sites for hydroxylation is 1. The SMILES string of the molecule is Cc1ccc(C(=O)NC2CCSC2=O)cc1F. The molecule has 3 nitrogen and oxygen atoms in total. The first-order chi connectivity index (χ1) is 8.08. The Bertz CT molecular complexity index is 476. The van der Waals surface area contributed by atoms with E-state index in [1.54, 1.807) is 19.1 Å². The molecule has 1 saturated heterocycles. The first kappa shape index (κ1) is 12.1. The minimum Gasteiger partial charge on any atom is -0.341 e. The van der Waals surface area contributed by atoms with Crippen LogP contribution in [-0.2, 0) is 4.79 Å². The van der Waals surface area contributed by atoms with Gasteiger partial charge in [0.15, 0.2) is 0 Å². The molecule has 1 unspecified atom stereocenters. The molecular formula is C12H12FNO2S. The minimum atomic E-state index is -0.433. The zero-order chi connectivity index (χ0) is 12.4. The fourth-order valence-corrected chi connectivity index (χ4v) is 2.54. The standard InChI is InChI=1S/C12H12FNO2S/c1-7-2-3-8(6-9(7)13)11(15)14-10-4-5-17-12(10)16/h2-3,6,10H,4-5H2,1H3,(H,14,15). The van der Waals surface area contributed by atoms with Crippen LogP contribution >= 0.6 is 11.8 Å². The number of thioether (sulfide) groups is 1. The van der Waals surface area contributed by atoms with Gasteiger partial charge in [0.05, 0.1) is 6.04 Å². The van der Waals surface area contributed by atoms with Gasteiger partial charge in [0.25, 0.3) is 5.91 Å². The molecule has 1 aliphatic rings. The molecule has 0 spiro atoms. The second kappa shape index (κ2) is 4.87. The van der Waals surface area contributed by atoms with Gasteiger partial charge in [-0.3, -0.25) is 9.59 Å². The zero-order valence-electron chi connectivity index (χ0n) is 9.33. The van der Waals surface area contributed by atoms with E-state index < -0.39 is 17.8 Å². The third kappa shape index (κ3) is 2.66. The van der Waals surface area contributed by atoms with Crippen LogP contribution in [0.2, 0.25) is 0 Å². The largest absolute Gasteiger partial charge is 0.341 e. The molecule has 17 heavy (non-hydrogen) atoms. The fourth-order valence-electron chi connectivity index (χ4n) is 1.60. The van der Waals surface area contributed by atoms with Crippen molar-refractivity contribution in [3.8, 4) is 0 Å². The van der Waals surface area contributed by atoms with Crippen molar-refractivity contribution in [2.75, 3.05) is 5.75 Å². The van der Waals surface area contributed by atoms with E-state index in [4.69, 9.17) is 0 Å². The Morgan fingerprint density at radius 1 is 1.53 bits per heavy atom. The summed E-state index contributed by atoms with van der Waals surface area (Å²) >= 11 is 1.22. The average Bonchev–Trinajstić information content (AvgIpc) is 2.68. The molecule has 0 saturated carbocycles. The van der Waals surface area contributed by atoms with Gasteiger partial charge < -0.3 is 5.32 Å². The molecule has 1 aromatic rings. The minimum absolute atomic E-state index is 0.0223. The molecule has 1 N–H and O–H groups in total. The molecule has 5 heteroatoms. The van der Waals surface area contributed by atoms with Crippen LogP contribution in [-0.4, -0.2) is 22.8 Å². The summed E-state index contributed by atoms with van der Waals surface area (Å²) in [5.41, 5.74) is 0.742. The van der Waals surface area contributed by atoms with Crippen molar-refractivity contribution < 1.29 is 14.0 Å². The van der Waals surface area contributed by atoms with Crippen LogP contribution < -0.4 is 5.32 Å². The molecule has 1 atom stereocenters. The molecule has 1 fully saturated rings. The summed E-state index contributed by atoms with van der Waals surface area (Å²) in [6.07, 6.45) is 0.642. The van der Waals surface area contributed by atoms with Crippen molar-refractivity contribution in [2.45, 2.75) is 19.4 Å². The highest BCUT2D eigenvalue weighted by atomic mass is 32.2. The van der Waals surface area contributed by atoms with Gasteiger partial charge in [-0.2, -0.15) is 0 Å². The number of benzene rings is 1. The highest BCUT2D eigenvalue weighted by molar-refractivity contribution is 8.14. The number of carbonyl (C=O) groups excluding carboxylic acids is 2. The van der Waals surface area contributed by atoms with Crippen molar-refractivity contribution in [2.24, 2.45) is 0 Å². The highest BCUT2D eigenvalue weighted by Crippen LogP contribution is 2.20. The Morgan fingerprint density at radius 2 is 2.29 bits per heavy atom. The lowest BCUT2D eigenvalue weighted by atomic mass is 10.1. The summed E-state index contributed by atoms with van der Waals surface area (Å²) in [7, 11) is 0. The molecule has 0 aromatic heterocycles. The lowest BCUT2D eigenvalue weighted by Crippen LogP contribution is -2.37. The average molecular weight is 253 g/mol. The predicted molar refractivity (Wildman–Crippen MR) is 64.5 cm³/mol. The number of amides is 1. The molecule has 1 aromatic carbocycles. The van der Waals surface area contributed by atoms with Crippen molar-refractivity contribution >= 4 is 22.8 Å². The van der Waals surface area contributed by atoms with Gasteiger partial charge in [-0.15, -0.1) is 0 Å². The van der Waals surface area contributed by atoms with Crippen LogP contribution in [0.3, 0.4) is 0 Å². The normalized spacial score (nSPS) is 19.4. The molecule has 0 bridgehead atoms. The van der Waals surface area contributed by atoms with Gasteiger partial charge in [-0.1, -0.05) is 17.8 Å². The number of hydrogen-bond donors (Lipinski definition) is 1. The Morgan fingerprint density at radius 3 is 2.88 bits per heavy atom. The maximum Gasteiger partial charge on any atom is 0.251 e. The van der Waals surface area contributed by atoms with Crippen LogP contribution in [0.1, 0.15) is 22.3 Å². The van der Waals surface area contributed by atoms with E-state index in [1.807, 2.05) is 0 Å². The Hall–Kier alpha value is -1.36. The Kier molecular flexibility index (Phi) is 3.47. The van der Waals surface area contributed by atoms with E-state index in [9.17, 15) is 14.0 Å². The van der Waals surface area contributed by atoms with Gasteiger partial charge >= 0.3 is 0 Å². The van der Waals surface area contributed by atoms with E-state index in [0.29, 0.717) is 12.0 Å². The summed E-state index contributed by atoms with van der Waals surface area (Å²) < 4.78 is 13.3. The number of hydrogen-bond acceptors (Lipinski definition) is 3. The van der Waals surface area contributed by atoms with Gasteiger partial charge in [-0.25, -0.2) is 4.39 Å². The van der Waals surface area contributed by atoms with Crippen LogP contribution in [0.15, 0.2) is 18.2 Å². The van der Waals surface area contributed by atoms with Gasteiger partial charge in [0.2, 0.25) is 5.12 Å². The summed E-state index contributed by atoms with van der Waals surface area (Å²) in [6, 6.07) is 3.87. The second-order valence-corrected chi connectivity index (χ2v) is 5.05. The summed E-state index contributed by atoms with van der Waals surface area (Å²) in [6.45, 7) is 1.63. The Labute approximate surface area is 103 Å². The summed E-state index contributed by atoms with van der Waals surface area (Å²) in [4.78, 5) is 23.1. The van der Waals surface area contributed by atoms with E-state index in [0.717, 1.165) is 5.75 Å². The van der Waals surface area contributed by atoms with Crippen molar-refractivity contribution in [1.29, 1.82) is 0 Å². The van der Waals surface area contributed by atoms with Crippen molar-refractivity contribution in [3.05, 3.63) is 35.1 Å². The molecular weight excluding hydrogens is 241 g/mol. The molecule has 1 heterocycles. The van der Waals surface area contributed by atoms with E-state index in [-0.39, 0.29) is 10.7 Å². The monoisotopic (exact) mass is 253 g/mol. The van der Waals surface area contributed by atoms with Crippen LogP contribution in [0.5, 0.6) is 0 Å². The number of nitrogens with one attached hydrogen (secondary N) is 1. The van der Waals surface area contributed by atoms with Crippen molar-refractivity contribution in [1.82, 2.24) is 5.32 Å². The van der Waals surface area contributed by atoms with E-state index >= 15 is 0 Å². The molecule has 1 amide bonds. The lowest BCUT2D eigenvalue weighted by Gasteiger charge is -2.10. The van der Waals surface area contributed by atoms with Crippen LogP contribution in [0.4, 0.5) is 4.39 Å². The maximum atomic E-state index is 13.3. The maximum absolute atomic E-state index is 13.3. The van der Waals surface area contributed by atoms with E-state index in [1.165, 1.54) is 17.8 Å². The lowest BCUT2D eigenvalue weighted by molar-refractivity contribution is -0.112. The van der Waals surface area contributed by atoms with Gasteiger partial charge in [0, 0.05) is 11.3 Å². The second-order valence-electron chi connectivity index (χ2n) is 3.95. The quantitative estimate of drug-likeness (QED) is 0.875. The van der Waals surface area contributed by atoms with Gasteiger partial charge in [-0.05, 0) is 31.0 Å². The molecule has 0 aliphatic carbocycles. The first-order valence-corrected chi connectivity index (χ1v) is 6.30. The van der Waals surface area contributed by atoms with Crippen molar-refractivity contribution in [3.63, 3.8) is 0 Å². The molecule has 0 radical (unpaired) electrons. The zero-order valence-corrected chi connectivity index (χ0v) is 10.1. The third-order valence-corrected chi connectivity index (χ3v) is 3.68. The Balaban J connectivity index is 2.09. The summed E-state index contributed by atoms with van der Waals surface area (Å²) in [5, 5.41) is 2.59. The summed E-state index contributed by atoms with van der Waals surface area (Å²) in [5.74, 6) is -0.0824. The van der Waals surface area contributed by atoms with Gasteiger partial charge in [0.1, 0.15) is 5.82 Å². The third-order valence-electron chi connectivity index (χ3n) is 2.67. The molecule has 90 valence electrons. The molecule has 2 rings (SSSR count). The first-order valence-electron chi connectivity index (χ1n) is 5.31. The van der Waals surface area contributed by atoms with Crippen LogP contribution in [0.25, 0.3) is 0 Å². The number of carbonyl (C=O) groups is 2. The number of rotatable bonds is 2. The fraction of sp³-hybridized carbons (Fsp3) is 0.333.